The molecule has 192 valence electrons. The average molecular weight is 499 g/mol. The zero-order valence-electron chi connectivity index (χ0n) is 20.4. The van der Waals surface area contributed by atoms with Crippen LogP contribution < -0.4 is 20.7 Å². The topological polar surface area (TPSA) is 109 Å². The minimum Gasteiger partial charge on any atom is -0.490 e. The standard InChI is InChI=1S/C26H31FN4O5/c1-3-12-28-24(32)14-17-9-10-21-23(36-17)15-35-22-11-8-16(13-18(22)25(33)31(21)2)29-26(34)30-20-7-5-4-6-19(20)27/h4-8,11,13,17,21,23H,3,9-10,12,14-15H2,1-2H3,(H,28,32)(H2,29,30,34)/t17-,21+,23+/m0/s1. The first-order valence-corrected chi connectivity index (χ1v) is 12.1. The van der Waals surface area contributed by atoms with Crippen molar-refractivity contribution in [2.45, 2.75) is 50.9 Å². The van der Waals surface area contributed by atoms with Crippen LogP contribution in [0.2, 0.25) is 0 Å². The van der Waals surface area contributed by atoms with E-state index in [9.17, 15) is 18.8 Å². The Bertz CT molecular complexity index is 1130. The number of hydrogen-bond donors (Lipinski definition) is 3. The molecule has 0 spiro atoms. The predicted octanol–water partition coefficient (Wildman–Crippen LogP) is 3.77. The number of fused-ring (bicyclic) bond motifs is 2. The number of hydrogen-bond acceptors (Lipinski definition) is 5. The Kier molecular flexibility index (Phi) is 8.04. The Morgan fingerprint density at radius 1 is 1.14 bits per heavy atom. The molecule has 2 aliphatic rings. The van der Waals surface area contributed by atoms with E-state index in [1.54, 1.807) is 36.2 Å². The third kappa shape index (κ3) is 5.93. The fourth-order valence-corrected chi connectivity index (χ4v) is 4.50. The summed E-state index contributed by atoms with van der Waals surface area (Å²) in [4.78, 5) is 39.5. The van der Waals surface area contributed by atoms with E-state index in [0.29, 0.717) is 36.4 Å². The second-order valence-electron chi connectivity index (χ2n) is 8.99. The quantitative estimate of drug-likeness (QED) is 0.562. The molecule has 1 saturated heterocycles. The summed E-state index contributed by atoms with van der Waals surface area (Å²) in [5.41, 5.74) is 0.716. The summed E-state index contributed by atoms with van der Waals surface area (Å²) in [5, 5.41) is 7.95. The summed E-state index contributed by atoms with van der Waals surface area (Å²) in [6.45, 7) is 2.86. The maximum Gasteiger partial charge on any atom is 0.323 e. The molecule has 3 N–H and O–H groups in total. The predicted molar refractivity (Wildman–Crippen MR) is 133 cm³/mol. The van der Waals surface area contributed by atoms with Gasteiger partial charge in [0.1, 0.15) is 24.3 Å². The summed E-state index contributed by atoms with van der Waals surface area (Å²) in [7, 11) is 1.72. The van der Waals surface area contributed by atoms with Gasteiger partial charge in [-0.1, -0.05) is 19.1 Å². The summed E-state index contributed by atoms with van der Waals surface area (Å²) in [6, 6.07) is 9.76. The molecule has 3 atom stereocenters. The fourth-order valence-electron chi connectivity index (χ4n) is 4.50. The maximum atomic E-state index is 13.8. The van der Waals surface area contributed by atoms with Crippen LogP contribution >= 0.6 is 0 Å². The van der Waals surface area contributed by atoms with E-state index < -0.39 is 11.8 Å². The lowest BCUT2D eigenvalue weighted by Crippen LogP contribution is -2.54. The van der Waals surface area contributed by atoms with Crippen molar-refractivity contribution in [2.75, 3.05) is 30.8 Å². The van der Waals surface area contributed by atoms with Crippen molar-refractivity contribution in [3.8, 4) is 5.75 Å². The van der Waals surface area contributed by atoms with Gasteiger partial charge in [-0.25, -0.2) is 9.18 Å². The number of halogens is 1. The van der Waals surface area contributed by atoms with Crippen molar-refractivity contribution in [1.29, 1.82) is 0 Å². The van der Waals surface area contributed by atoms with Crippen LogP contribution in [0.25, 0.3) is 0 Å². The molecule has 36 heavy (non-hydrogen) atoms. The molecule has 2 heterocycles. The van der Waals surface area contributed by atoms with Crippen LogP contribution in [-0.4, -0.2) is 61.2 Å². The summed E-state index contributed by atoms with van der Waals surface area (Å²) >= 11 is 0. The van der Waals surface area contributed by atoms with E-state index in [2.05, 4.69) is 16.0 Å². The number of rotatable bonds is 6. The number of amides is 4. The van der Waals surface area contributed by atoms with Gasteiger partial charge in [0.05, 0.1) is 29.8 Å². The second kappa shape index (κ2) is 11.4. The number of para-hydroxylation sites is 1. The minimum absolute atomic E-state index is 0.0408. The zero-order chi connectivity index (χ0) is 25.7. The average Bonchev–Trinajstić information content (AvgIpc) is 2.86. The Morgan fingerprint density at radius 3 is 2.72 bits per heavy atom. The highest BCUT2D eigenvalue weighted by atomic mass is 19.1. The maximum absolute atomic E-state index is 13.8. The molecule has 0 radical (unpaired) electrons. The first-order chi connectivity index (χ1) is 17.4. The molecule has 2 aliphatic heterocycles. The third-order valence-corrected chi connectivity index (χ3v) is 6.38. The van der Waals surface area contributed by atoms with E-state index in [1.165, 1.54) is 18.2 Å². The first-order valence-electron chi connectivity index (χ1n) is 12.1. The van der Waals surface area contributed by atoms with Gasteiger partial charge < -0.3 is 30.3 Å². The molecule has 0 unspecified atom stereocenters. The number of benzene rings is 2. The second-order valence-corrected chi connectivity index (χ2v) is 8.99. The van der Waals surface area contributed by atoms with Crippen LogP contribution in [0.5, 0.6) is 5.75 Å². The Hall–Kier alpha value is -3.66. The number of nitrogens with zero attached hydrogens (tertiary/aromatic N) is 1. The minimum atomic E-state index is -0.637. The van der Waals surface area contributed by atoms with Crippen molar-refractivity contribution in [3.05, 3.63) is 53.8 Å². The van der Waals surface area contributed by atoms with Gasteiger partial charge >= 0.3 is 6.03 Å². The number of anilines is 2. The Labute approximate surface area is 209 Å². The van der Waals surface area contributed by atoms with Gasteiger partial charge in [0.2, 0.25) is 5.91 Å². The van der Waals surface area contributed by atoms with Crippen LogP contribution in [0, 0.1) is 5.82 Å². The van der Waals surface area contributed by atoms with Gasteiger partial charge in [0.15, 0.2) is 0 Å². The number of nitrogens with one attached hydrogen (secondary N) is 3. The molecule has 2 aromatic carbocycles. The highest BCUT2D eigenvalue weighted by molar-refractivity contribution is 6.02. The van der Waals surface area contributed by atoms with Gasteiger partial charge in [0, 0.05) is 19.3 Å². The number of urea groups is 1. The lowest BCUT2D eigenvalue weighted by Gasteiger charge is -2.42. The molecule has 2 aromatic rings. The van der Waals surface area contributed by atoms with Crippen LogP contribution in [0.3, 0.4) is 0 Å². The van der Waals surface area contributed by atoms with Crippen LogP contribution in [0.1, 0.15) is 43.0 Å². The largest absolute Gasteiger partial charge is 0.490 e. The summed E-state index contributed by atoms with van der Waals surface area (Å²) in [5.74, 6) is -0.484. The molecule has 0 bridgehead atoms. The molecule has 9 nitrogen and oxygen atoms in total. The smallest absolute Gasteiger partial charge is 0.323 e. The molecular weight excluding hydrogens is 467 g/mol. The first kappa shape index (κ1) is 25.4. The highest BCUT2D eigenvalue weighted by Gasteiger charge is 2.39. The van der Waals surface area contributed by atoms with Gasteiger partial charge in [-0.3, -0.25) is 9.59 Å². The van der Waals surface area contributed by atoms with Crippen molar-refractivity contribution >= 4 is 29.2 Å². The molecule has 0 saturated carbocycles. The normalized spacial score (nSPS) is 21.2. The van der Waals surface area contributed by atoms with E-state index in [-0.39, 0.29) is 48.8 Å². The molecule has 4 amide bonds. The lowest BCUT2D eigenvalue weighted by molar-refractivity contribution is -0.134. The van der Waals surface area contributed by atoms with Gasteiger partial charge in [-0.2, -0.15) is 0 Å². The molecular formula is C26H31FN4O5. The van der Waals surface area contributed by atoms with E-state index in [4.69, 9.17) is 9.47 Å². The van der Waals surface area contributed by atoms with Crippen molar-refractivity contribution < 1.29 is 28.2 Å². The molecule has 0 aromatic heterocycles. The van der Waals surface area contributed by atoms with E-state index in [0.717, 1.165) is 6.42 Å². The van der Waals surface area contributed by atoms with Crippen LogP contribution in [0.4, 0.5) is 20.6 Å². The number of ether oxygens (including phenoxy) is 2. The van der Waals surface area contributed by atoms with E-state index in [1.807, 2.05) is 6.92 Å². The van der Waals surface area contributed by atoms with Crippen LogP contribution in [-0.2, 0) is 9.53 Å². The van der Waals surface area contributed by atoms with Crippen molar-refractivity contribution in [3.63, 3.8) is 0 Å². The van der Waals surface area contributed by atoms with Gasteiger partial charge in [-0.05, 0) is 49.6 Å². The van der Waals surface area contributed by atoms with E-state index >= 15 is 0 Å². The fraction of sp³-hybridized carbons (Fsp3) is 0.423. The molecule has 4 rings (SSSR count). The van der Waals surface area contributed by atoms with Gasteiger partial charge in [-0.15, -0.1) is 0 Å². The highest BCUT2D eigenvalue weighted by Crippen LogP contribution is 2.32. The molecule has 1 fully saturated rings. The zero-order valence-corrected chi connectivity index (χ0v) is 20.4. The number of carbonyl (C=O) groups excluding carboxylic acids is 3. The molecule has 0 aliphatic carbocycles. The van der Waals surface area contributed by atoms with Crippen molar-refractivity contribution in [1.82, 2.24) is 10.2 Å². The van der Waals surface area contributed by atoms with Crippen LogP contribution in [0.15, 0.2) is 42.5 Å². The third-order valence-electron chi connectivity index (χ3n) is 6.38. The number of likely N-dealkylation sites (N-methyl/N-ethyl adjacent to an activating group) is 1. The summed E-state index contributed by atoms with van der Waals surface area (Å²) in [6.07, 6.45) is 1.89. The monoisotopic (exact) mass is 498 g/mol. The lowest BCUT2D eigenvalue weighted by atomic mass is 9.94. The van der Waals surface area contributed by atoms with Gasteiger partial charge in [0.25, 0.3) is 5.91 Å². The Balaban J connectivity index is 1.43. The molecule has 10 heteroatoms. The Morgan fingerprint density at radius 2 is 1.94 bits per heavy atom. The summed E-state index contributed by atoms with van der Waals surface area (Å²) < 4.78 is 26.0. The number of carbonyl (C=O) groups is 3. The SMILES string of the molecule is CCCNC(=O)C[C@@H]1CC[C@@H]2[C@@H](COc3ccc(NC(=O)Nc4ccccc4F)cc3C(=O)N2C)O1. The van der Waals surface area contributed by atoms with Crippen molar-refractivity contribution in [2.24, 2.45) is 0 Å².